The van der Waals surface area contributed by atoms with Crippen LogP contribution in [0.1, 0.15) is 24.0 Å². The molecule has 2 aliphatic rings. The lowest BCUT2D eigenvalue weighted by molar-refractivity contribution is -0.123. The third kappa shape index (κ3) is 3.48. The number of anilines is 1. The van der Waals surface area contributed by atoms with Gasteiger partial charge in [0.1, 0.15) is 0 Å². The Hall–Kier alpha value is -2.84. The van der Waals surface area contributed by atoms with Gasteiger partial charge in [0, 0.05) is 19.3 Å². The van der Waals surface area contributed by atoms with Crippen LogP contribution in [0.4, 0.5) is 5.69 Å². The Morgan fingerprint density at radius 3 is 2.71 bits per heavy atom. The summed E-state index contributed by atoms with van der Waals surface area (Å²) >= 11 is 0. The fourth-order valence-electron chi connectivity index (χ4n) is 4.40. The molecule has 0 aromatic heterocycles. The molecule has 4 rings (SSSR count). The molecule has 5 nitrogen and oxygen atoms in total. The molecule has 1 fully saturated rings. The molecule has 1 unspecified atom stereocenters. The van der Waals surface area contributed by atoms with Gasteiger partial charge in [0.15, 0.2) is 6.19 Å². The number of benzene rings is 2. The molecule has 0 bridgehead atoms. The molecule has 2 aliphatic heterocycles. The van der Waals surface area contributed by atoms with E-state index in [1.165, 1.54) is 5.56 Å². The molecule has 0 N–H and O–H groups in total. The van der Waals surface area contributed by atoms with Crippen molar-refractivity contribution in [2.75, 3.05) is 32.1 Å². The Balaban J connectivity index is 1.70. The van der Waals surface area contributed by atoms with E-state index in [1.54, 1.807) is 4.90 Å². The molecule has 5 heteroatoms. The van der Waals surface area contributed by atoms with E-state index in [1.807, 2.05) is 30.1 Å². The van der Waals surface area contributed by atoms with E-state index < -0.39 is 0 Å². The second-order valence-corrected chi connectivity index (χ2v) is 7.95. The van der Waals surface area contributed by atoms with Crippen molar-refractivity contribution in [3.63, 3.8) is 0 Å². The highest BCUT2D eigenvalue weighted by atomic mass is 16.2. The first-order valence-electron chi connectivity index (χ1n) is 9.89. The quantitative estimate of drug-likeness (QED) is 0.772. The van der Waals surface area contributed by atoms with Crippen molar-refractivity contribution < 1.29 is 4.79 Å². The number of rotatable bonds is 3. The molecule has 2 heterocycles. The molecule has 2 aromatic rings. The molecule has 1 saturated heterocycles. The molecule has 28 heavy (non-hydrogen) atoms. The van der Waals surface area contributed by atoms with Crippen LogP contribution in [-0.4, -0.2) is 42.9 Å². The molecule has 0 radical (unpaired) electrons. The van der Waals surface area contributed by atoms with Crippen LogP contribution >= 0.6 is 0 Å². The van der Waals surface area contributed by atoms with Crippen LogP contribution in [0.15, 0.2) is 42.5 Å². The van der Waals surface area contributed by atoms with Gasteiger partial charge in [-0.25, -0.2) is 0 Å². The fraction of sp³-hybridized carbons (Fsp3) is 0.391. The summed E-state index contributed by atoms with van der Waals surface area (Å²) in [6.07, 6.45) is 4.28. The van der Waals surface area contributed by atoms with E-state index in [0.717, 1.165) is 48.3 Å². The van der Waals surface area contributed by atoms with Crippen molar-refractivity contribution in [3.05, 3.63) is 53.6 Å². The standard InChI is InChI=1S/C23H26N4O/c1-25-10-6-9-18(13-25)23(28)26(2)20-11-19-14-27(16-24)15-22(19)21(12-20)17-7-4-3-5-8-17/h3-5,7-8,11-12,18H,6,9-10,13-15H2,1-2H3. The van der Waals surface area contributed by atoms with Crippen LogP contribution in [0.2, 0.25) is 0 Å². The minimum Gasteiger partial charge on any atom is -0.315 e. The smallest absolute Gasteiger partial charge is 0.231 e. The number of carbonyl (C=O) groups excluding carboxylic acids is 1. The van der Waals surface area contributed by atoms with Crippen LogP contribution < -0.4 is 4.90 Å². The summed E-state index contributed by atoms with van der Waals surface area (Å²) < 4.78 is 0. The van der Waals surface area contributed by atoms with E-state index in [0.29, 0.717) is 13.1 Å². The number of nitriles is 1. The maximum absolute atomic E-state index is 13.1. The molecular formula is C23H26N4O. The molecule has 0 spiro atoms. The lowest BCUT2D eigenvalue weighted by Crippen LogP contribution is -2.42. The Morgan fingerprint density at radius 1 is 1.21 bits per heavy atom. The number of nitrogens with zero attached hydrogens (tertiary/aromatic N) is 4. The Bertz CT molecular complexity index is 918. The van der Waals surface area contributed by atoms with Crippen LogP contribution in [0, 0.1) is 17.4 Å². The van der Waals surface area contributed by atoms with Crippen molar-refractivity contribution in [1.82, 2.24) is 9.80 Å². The molecule has 0 saturated carbocycles. The van der Waals surface area contributed by atoms with Crippen molar-refractivity contribution in [2.24, 2.45) is 5.92 Å². The second-order valence-electron chi connectivity index (χ2n) is 7.95. The predicted octanol–water partition coefficient (Wildman–Crippen LogP) is 3.45. The highest BCUT2D eigenvalue weighted by Crippen LogP contribution is 2.36. The van der Waals surface area contributed by atoms with Crippen LogP contribution in [0.3, 0.4) is 0 Å². The summed E-state index contributed by atoms with van der Waals surface area (Å²) in [6, 6.07) is 14.4. The number of fused-ring (bicyclic) bond motifs is 1. The number of likely N-dealkylation sites (tertiary alicyclic amines) is 1. The minimum atomic E-state index is 0.0489. The Morgan fingerprint density at radius 2 is 2.00 bits per heavy atom. The first kappa shape index (κ1) is 18.5. The van der Waals surface area contributed by atoms with E-state index in [-0.39, 0.29) is 11.8 Å². The second kappa shape index (κ2) is 7.65. The van der Waals surface area contributed by atoms with E-state index >= 15 is 0 Å². The summed E-state index contributed by atoms with van der Waals surface area (Å²) in [4.78, 5) is 19.0. The lowest BCUT2D eigenvalue weighted by Gasteiger charge is -2.32. The highest BCUT2D eigenvalue weighted by Gasteiger charge is 2.29. The van der Waals surface area contributed by atoms with Crippen molar-refractivity contribution in [2.45, 2.75) is 25.9 Å². The van der Waals surface area contributed by atoms with E-state index in [9.17, 15) is 10.1 Å². The molecule has 1 amide bonds. The maximum Gasteiger partial charge on any atom is 0.231 e. The van der Waals surface area contributed by atoms with Crippen molar-refractivity contribution in [3.8, 4) is 17.3 Å². The zero-order valence-electron chi connectivity index (χ0n) is 16.6. The summed E-state index contributed by atoms with van der Waals surface area (Å²) in [7, 11) is 3.96. The molecule has 0 aliphatic carbocycles. The average molecular weight is 374 g/mol. The van der Waals surface area contributed by atoms with Gasteiger partial charge >= 0.3 is 0 Å². The van der Waals surface area contributed by atoms with Gasteiger partial charge in [-0.3, -0.25) is 4.79 Å². The third-order valence-corrected chi connectivity index (χ3v) is 5.96. The van der Waals surface area contributed by atoms with Gasteiger partial charge in [0.2, 0.25) is 5.91 Å². The monoisotopic (exact) mass is 374 g/mol. The normalized spacial score (nSPS) is 19.2. The highest BCUT2D eigenvalue weighted by molar-refractivity contribution is 5.96. The first-order valence-corrected chi connectivity index (χ1v) is 9.89. The molecule has 144 valence electrons. The number of hydrogen-bond donors (Lipinski definition) is 0. The summed E-state index contributed by atoms with van der Waals surface area (Å²) in [6.45, 7) is 3.12. The topological polar surface area (TPSA) is 50.6 Å². The van der Waals surface area contributed by atoms with Crippen molar-refractivity contribution >= 4 is 11.6 Å². The van der Waals surface area contributed by atoms with Gasteiger partial charge in [-0.2, -0.15) is 5.26 Å². The number of amides is 1. The average Bonchev–Trinajstić information content (AvgIpc) is 3.16. The largest absolute Gasteiger partial charge is 0.315 e. The minimum absolute atomic E-state index is 0.0489. The third-order valence-electron chi connectivity index (χ3n) is 5.96. The zero-order chi connectivity index (χ0) is 19.7. The van der Waals surface area contributed by atoms with Gasteiger partial charge in [0.25, 0.3) is 0 Å². The Kier molecular flexibility index (Phi) is 5.06. The molecular weight excluding hydrogens is 348 g/mol. The van der Waals surface area contributed by atoms with Gasteiger partial charge in [-0.15, -0.1) is 0 Å². The fourth-order valence-corrected chi connectivity index (χ4v) is 4.40. The SMILES string of the molecule is CN1CCCC(C(=O)N(C)c2cc3c(c(-c4ccccc4)c2)CN(C#N)C3)C1. The Labute approximate surface area is 166 Å². The van der Waals surface area contributed by atoms with Crippen molar-refractivity contribution in [1.29, 1.82) is 5.26 Å². The van der Waals surface area contributed by atoms with Crippen LogP contribution in [0.5, 0.6) is 0 Å². The van der Waals surface area contributed by atoms with Gasteiger partial charge < -0.3 is 14.7 Å². The lowest BCUT2D eigenvalue weighted by atomic mass is 9.94. The van der Waals surface area contributed by atoms with Gasteiger partial charge in [-0.1, -0.05) is 30.3 Å². The summed E-state index contributed by atoms with van der Waals surface area (Å²) in [5.74, 6) is 0.230. The summed E-state index contributed by atoms with van der Waals surface area (Å²) in [5, 5.41) is 9.37. The van der Waals surface area contributed by atoms with Crippen LogP contribution in [-0.2, 0) is 17.9 Å². The number of piperidine rings is 1. The van der Waals surface area contributed by atoms with Crippen LogP contribution in [0.25, 0.3) is 11.1 Å². The first-order chi connectivity index (χ1) is 13.6. The maximum atomic E-state index is 13.1. The number of hydrogen-bond acceptors (Lipinski definition) is 4. The van der Waals surface area contributed by atoms with Gasteiger partial charge in [-0.05, 0) is 60.8 Å². The zero-order valence-corrected chi connectivity index (χ0v) is 16.6. The molecule has 2 aromatic carbocycles. The van der Waals surface area contributed by atoms with E-state index in [2.05, 4.69) is 42.4 Å². The van der Waals surface area contributed by atoms with Gasteiger partial charge in [0.05, 0.1) is 19.0 Å². The number of carbonyl (C=O) groups is 1. The molecule has 1 atom stereocenters. The summed E-state index contributed by atoms with van der Waals surface area (Å²) in [5.41, 5.74) is 5.48. The van der Waals surface area contributed by atoms with E-state index in [4.69, 9.17) is 0 Å². The predicted molar refractivity (Wildman–Crippen MR) is 110 cm³/mol.